The Labute approximate surface area is 158 Å². The third-order valence-corrected chi connectivity index (χ3v) is 4.69. The molecular weight excluding hydrogens is 334 g/mol. The molecule has 3 aromatic carbocycles. The van der Waals surface area contributed by atoms with Crippen molar-refractivity contribution in [2.24, 2.45) is 0 Å². The molecule has 0 fully saturated rings. The van der Waals surface area contributed by atoms with E-state index in [9.17, 15) is 0 Å². The van der Waals surface area contributed by atoms with Crippen molar-refractivity contribution in [3.05, 3.63) is 102 Å². The standard InChI is InChI=1S/C22H21N5/c1-27(16-19-14-8-9-15-20(19)22-23-25-26-24-22)21(17-10-4-2-5-11-17)18-12-6-3-7-13-18/h2-15,21H,16H2,1H3,(H,23,24,25,26). The van der Waals surface area contributed by atoms with Crippen molar-refractivity contribution in [1.29, 1.82) is 0 Å². The summed E-state index contributed by atoms with van der Waals surface area (Å²) in [7, 11) is 2.15. The van der Waals surface area contributed by atoms with E-state index < -0.39 is 0 Å². The summed E-state index contributed by atoms with van der Waals surface area (Å²) in [6.45, 7) is 0.763. The van der Waals surface area contributed by atoms with Gasteiger partial charge in [0.2, 0.25) is 5.82 Å². The van der Waals surface area contributed by atoms with E-state index in [1.165, 1.54) is 16.7 Å². The van der Waals surface area contributed by atoms with E-state index in [0.29, 0.717) is 5.82 Å². The lowest BCUT2D eigenvalue weighted by molar-refractivity contribution is 0.271. The molecule has 0 atom stereocenters. The minimum Gasteiger partial charge on any atom is -0.291 e. The Morgan fingerprint density at radius 2 is 1.41 bits per heavy atom. The molecule has 0 aliphatic carbocycles. The van der Waals surface area contributed by atoms with Crippen LogP contribution in [0, 0.1) is 0 Å². The van der Waals surface area contributed by atoms with Crippen molar-refractivity contribution < 1.29 is 0 Å². The van der Waals surface area contributed by atoms with Crippen LogP contribution in [-0.2, 0) is 6.54 Å². The van der Waals surface area contributed by atoms with Gasteiger partial charge in [-0.15, -0.1) is 10.2 Å². The van der Waals surface area contributed by atoms with Crippen LogP contribution in [0.1, 0.15) is 22.7 Å². The summed E-state index contributed by atoms with van der Waals surface area (Å²) >= 11 is 0. The van der Waals surface area contributed by atoms with Crippen molar-refractivity contribution in [1.82, 2.24) is 25.5 Å². The molecule has 134 valence electrons. The number of H-pyrrole nitrogens is 1. The summed E-state index contributed by atoms with van der Waals surface area (Å²) < 4.78 is 0. The second kappa shape index (κ2) is 7.93. The summed E-state index contributed by atoms with van der Waals surface area (Å²) in [4.78, 5) is 2.35. The molecule has 0 unspecified atom stereocenters. The molecule has 1 aromatic heterocycles. The number of hydrogen-bond donors (Lipinski definition) is 1. The molecule has 1 N–H and O–H groups in total. The third kappa shape index (κ3) is 3.78. The van der Waals surface area contributed by atoms with Gasteiger partial charge in [0, 0.05) is 12.1 Å². The van der Waals surface area contributed by atoms with Gasteiger partial charge in [0.05, 0.1) is 6.04 Å². The molecule has 0 radical (unpaired) electrons. The molecule has 0 saturated carbocycles. The number of rotatable bonds is 6. The Morgan fingerprint density at radius 3 is 2.00 bits per heavy atom. The Hall–Kier alpha value is -3.31. The number of aromatic nitrogens is 4. The predicted molar refractivity (Wildman–Crippen MR) is 106 cm³/mol. The predicted octanol–water partition coefficient (Wildman–Crippen LogP) is 4.09. The summed E-state index contributed by atoms with van der Waals surface area (Å²) in [5.41, 5.74) is 4.70. The molecule has 0 amide bonds. The highest BCUT2D eigenvalue weighted by Crippen LogP contribution is 2.30. The number of benzene rings is 3. The van der Waals surface area contributed by atoms with E-state index in [0.717, 1.165) is 12.1 Å². The fourth-order valence-corrected chi connectivity index (χ4v) is 3.48. The van der Waals surface area contributed by atoms with Gasteiger partial charge in [0.1, 0.15) is 0 Å². The lowest BCUT2D eigenvalue weighted by Crippen LogP contribution is -2.25. The molecule has 1 heterocycles. The largest absolute Gasteiger partial charge is 0.291 e. The van der Waals surface area contributed by atoms with Gasteiger partial charge in [0.15, 0.2) is 0 Å². The highest BCUT2D eigenvalue weighted by Gasteiger charge is 2.20. The van der Waals surface area contributed by atoms with Crippen molar-refractivity contribution in [2.75, 3.05) is 7.05 Å². The van der Waals surface area contributed by atoms with Gasteiger partial charge in [-0.2, -0.15) is 5.21 Å². The molecule has 0 spiro atoms. The van der Waals surface area contributed by atoms with Gasteiger partial charge in [-0.05, 0) is 29.0 Å². The molecule has 5 heteroatoms. The van der Waals surface area contributed by atoms with Crippen LogP contribution in [0.5, 0.6) is 0 Å². The number of nitrogens with one attached hydrogen (secondary N) is 1. The molecule has 4 rings (SSSR count). The second-order valence-corrected chi connectivity index (χ2v) is 6.53. The van der Waals surface area contributed by atoms with Crippen LogP contribution in [0.15, 0.2) is 84.9 Å². The lowest BCUT2D eigenvalue weighted by atomic mass is 9.96. The fourth-order valence-electron chi connectivity index (χ4n) is 3.48. The average molecular weight is 355 g/mol. The third-order valence-electron chi connectivity index (χ3n) is 4.69. The van der Waals surface area contributed by atoms with E-state index in [4.69, 9.17) is 0 Å². The molecular formula is C22H21N5. The van der Waals surface area contributed by atoms with Gasteiger partial charge in [-0.3, -0.25) is 4.90 Å². The van der Waals surface area contributed by atoms with Gasteiger partial charge in [-0.25, -0.2) is 0 Å². The fraction of sp³-hybridized carbons (Fsp3) is 0.136. The van der Waals surface area contributed by atoms with Crippen molar-refractivity contribution in [3.63, 3.8) is 0 Å². The molecule has 4 aromatic rings. The normalized spacial score (nSPS) is 11.2. The van der Waals surface area contributed by atoms with Crippen LogP contribution in [0.3, 0.4) is 0 Å². The Bertz CT molecular complexity index is 929. The average Bonchev–Trinajstić information content (AvgIpc) is 3.25. The number of aromatic amines is 1. The van der Waals surface area contributed by atoms with Gasteiger partial charge in [-0.1, -0.05) is 84.9 Å². The maximum Gasteiger partial charge on any atom is 0.204 e. The number of tetrazole rings is 1. The van der Waals surface area contributed by atoms with Crippen LogP contribution < -0.4 is 0 Å². The van der Waals surface area contributed by atoms with Crippen molar-refractivity contribution in [3.8, 4) is 11.4 Å². The molecule has 27 heavy (non-hydrogen) atoms. The maximum atomic E-state index is 4.15. The zero-order chi connectivity index (χ0) is 18.5. The minimum absolute atomic E-state index is 0.158. The van der Waals surface area contributed by atoms with E-state index in [2.05, 4.69) is 99.3 Å². The first-order chi connectivity index (χ1) is 13.3. The lowest BCUT2D eigenvalue weighted by Gasteiger charge is -2.29. The van der Waals surface area contributed by atoms with Crippen LogP contribution in [-0.4, -0.2) is 32.6 Å². The van der Waals surface area contributed by atoms with E-state index >= 15 is 0 Å². The maximum absolute atomic E-state index is 4.15. The number of hydrogen-bond acceptors (Lipinski definition) is 4. The summed E-state index contributed by atoms with van der Waals surface area (Å²) in [6.07, 6.45) is 0. The zero-order valence-electron chi connectivity index (χ0n) is 15.2. The summed E-state index contributed by atoms with van der Waals surface area (Å²) in [5.74, 6) is 0.620. The van der Waals surface area contributed by atoms with Gasteiger partial charge >= 0.3 is 0 Å². The monoisotopic (exact) mass is 355 g/mol. The Balaban J connectivity index is 1.69. The van der Waals surface area contributed by atoms with Crippen LogP contribution in [0.25, 0.3) is 11.4 Å². The van der Waals surface area contributed by atoms with Crippen molar-refractivity contribution in [2.45, 2.75) is 12.6 Å². The topological polar surface area (TPSA) is 57.7 Å². The van der Waals surface area contributed by atoms with Crippen LogP contribution in [0.4, 0.5) is 0 Å². The molecule has 0 aliphatic rings. The quantitative estimate of drug-likeness (QED) is 0.566. The molecule has 5 nitrogen and oxygen atoms in total. The highest BCUT2D eigenvalue weighted by atomic mass is 15.5. The summed E-state index contributed by atoms with van der Waals surface area (Å²) in [5, 5.41) is 14.5. The Kier molecular flexibility index (Phi) is 5.03. The van der Waals surface area contributed by atoms with Crippen LogP contribution >= 0.6 is 0 Å². The first-order valence-electron chi connectivity index (χ1n) is 8.95. The minimum atomic E-state index is 0.158. The molecule has 0 aliphatic heterocycles. The summed E-state index contributed by atoms with van der Waals surface area (Å²) in [6, 6.07) is 29.5. The van der Waals surface area contributed by atoms with Crippen LogP contribution in [0.2, 0.25) is 0 Å². The molecule has 0 saturated heterocycles. The van der Waals surface area contributed by atoms with E-state index in [1.54, 1.807) is 0 Å². The second-order valence-electron chi connectivity index (χ2n) is 6.53. The van der Waals surface area contributed by atoms with E-state index in [1.807, 2.05) is 18.2 Å². The smallest absolute Gasteiger partial charge is 0.204 e. The first kappa shape index (κ1) is 17.1. The Morgan fingerprint density at radius 1 is 0.815 bits per heavy atom. The molecule has 0 bridgehead atoms. The van der Waals surface area contributed by atoms with Crippen molar-refractivity contribution >= 4 is 0 Å². The number of nitrogens with zero attached hydrogens (tertiary/aromatic N) is 4. The SMILES string of the molecule is CN(Cc1ccccc1-c1nn[nH]n1)C(c1ccccc1)c1ccccc1. The van der Waals surface area contributed by atoms with Gasteiger partial charge in [0.25, 0.3) is 0 Å². The first-order valence-corrected chi connectivity index (χ1v) is 8.95. The highest BCUT2D eigenvalue weighted by molar-refractivity contribution is 5.59. The van der Waals surface area contributed by atoms with Gasteiger partial charge < -0.3 is 0 Å². The van der Waals surface area contributed by atoms with E-state index in [-0.39, 0.29) is 6.04 Å². The zero-order valence-corrected chi connectivity index (χ0v) is 15.2.